The Kier molecular flexibility index (Phi) is 4.30. The number of carboxylic acids is 1. The van der Waals surface area contributed by atoms with Gasteiger partial charge in [0.25, 0.3) is 0 Å². The quantitative estimate of drug-likeness (QED) is 0.531. The van der Waals surface area contributed by atoms with Crippen molar-refractivity contribution in [2.45, 2.75) is 18.9 Å². The Morgan fingerprint density at radius 1 is 1.65 bits per heavy atom. The normalized spacial score (nSPS) is 19.8. The van der Waals surface area contributed by atoms with E-state index in [1.54, 1.807) is 7.05 Å². The lowest BCUT2D eigenvalue weighted by Gasteiger charge is -2.11. The van der Waals surface area contributed by atoms with Crippen molar-refractivity contribution in [2.75, 3.05) is 12.3 Å². The van der Waals surface area contributed by atoms with Crippen LogP contribution in [0, 0.1) is 0 Å². The van der Waals surface area contributed by atoms with Crippen LogP contribution in [0.25, 0.3) is 0 Å². The summed E-state index contributed by atoms with van der Waals surface area (Å²) in [6, 6.07) is -0.662. The number of nitrogen functional groups attached to an aromatic ring is 1. The number of nitrogens with zero attached hydrogens (tertiary/aromatic N) is 3. The fourth-order valence-corrected chi connectivity index (χ4v) is 1.47. The summed E-state index contributed by atoms with van der Waals surface area (Å²) in [5.41, 5.74) is 5.23. The predicted molar refractivity (Wildman–Crippen MR) is 58.4 cm³/mol. The van der Waals surface area contributed by atoms with Gasteiger partial charge in [-0.15, -0.1) is 0 Å². The molecule has 2 heterocycles. The van der Waals surface area contributed by atoms with Crippen LogP contribution in [0.2, 0.25) is 0 Å². The number of carbonyl (C=O) groups is 1. The molecule has 1 fully saturated rings. The van der Waals surface area contributed by atoms with Gasteiger partial charge in [0.15, 0.2) is 0 Å². The standard InChI is InChI=1S/C5H9NO3.C4H7N3O/c7-5(8)4-2-1-3-6(4)9;1-7-2-3(8)6-4(7)5/h4,9H,1-3H2,(H,7,8);2,8H,1H3,(H2,5,6). The van der Waals surface area contributed by atoms with Crippen LogP contribution >= 0.6 is 0 Å². The molecule has 5 N–H and O–H groups in total. The number of aromatic hydroxyl groups is 1. The van der Waals surface area contributed by atoms with Gasteiger partial charge in [0.1, 0.15) is 6.04 Å². The molecule has 0 aromatic carbocycles. The summed E-state index contributed by atoms with van der Waals surface area (Å²) in [4.78, 5) is 13.7. The second kappa shape index (κ2) is 5.51. The average molecular weight is 244 g/mol. The Bertz CT molecular complexity index is 373. The van der Waals surface area contributed by atoms with Crippen molar-refractivity contribution in [3.63, 3.8) is 0 Å². The van der Waals surface area contributed by atoms with Crippen LogP contribution in [0.3, 0.4) is 0 Å². The van der Waals surface area contributed by atoms with E-state index < -0.39 is 12.0 Å². The zero-order valence-corrected chi connectivity index (χ0v) is 9.44. The highest BCUT2D eigenvalue weighted by atomic mass is 16.5. The second-order valence-corrected chi connectivity index (χ2v) is 3.73. The van der Waals surface area contributed by atoms with E-state index in [0.29, 0.717) is 18.9 Å². The summed E-state index contributed by atoms with van der Waals surface area (Å²) in [5, 5.41) is 26.7. The number of aliphatic carboxylic acids is 1. The van der Waals surface area contributed by atoms with Crippen LogP contribution in [0.4, 0.5) is 5.95 Å². The zero-order chi connectivity index (χ0) is 13.0. The Morgan fingerprint density at radius 3 is 2.47 bits per heavy atom. The van der Waals surface area contributed by atoms with Gasteiger partial charge in [-0.25, -0.2) is 0 Å². The molecule has 1 aliphatic heterocycles. The number of hydrogen-bond acceptors (Lipinski definition) is 6. The van der Waals surface area contributed by atoms with E-state index in [1.807, 2.05) is 0 Å². The van der Waals surface area contributed by atoms with Gasteiger partial charge in [-0.2, -0.15) is 10.0 Å². The molecule has 0 spiro atoms. The molecule has 1 aromatic heterocycles. The summed E-state index contributed by atoms with van der Waals surface area (Å²) < 4.78 is 1.54. The number of hydrogen-bond donors (Lipinski definition) is 4. The topological polar surface area (TPSA) is 125 Å². The van der Waals surface area contributed by atoms with Crippen molar-refractivity contribution < 1.29 is 20.2 Å². The van der Waals surface area contributed by atoms with Gasteiger partial charge in [0.05, 0.1) is 6.20 Å². The lowest BCUT2D eigenvalue weighted by molar-refractivity contribution is -0.160. The number of aryl methyl sites for hydroxylation is 1. The van der Waals surface area contributed by atoms with Crippen molar-refractivity contribution in [2.24, 2.45) is 7.05 Å². The van der Waals surface area contributed by atoms with Gasteiger partial charge >= 0.3 is 5.97 Å². The van der Waals surface area contributed by atoms with Gasteiger partial charge in [0, 0.05) is 13.6 Å². The van der Waals surface area contributed by atoms with Gasteiger partial charge in [0.2, 0.25) is 11.8 Å². The second-order valence-electron chi connectivity index (χ2n) is 3.73. The molecule has 96 valence electrons. The third kappa shape index (κ3) is 3.61. The van der Waals surface area contributed by atoms with Crippen molar-refractivity contribution in [3.8, 4) is 5.88 Å². The first kappa shape index (κ1) is 13.3. The highest BCUT2D eigenvalue weighted by Crippen LogP contribution is 2.13. The Morgan fingerprint density at radius 2 is 2.29 bits per heavy atom. The zero-order valence-electron chi connectivity index (χ0n) is 9.44. The van der Waals surface area contributed by atoms with E-state index in [0.717, 1.165) is 11.5 Å². The highest BCUT2D eigenvalue weighted by molar-refractivity contribution is 5.73. The maximum atomic E-state index is 10.2. The van der Waals surface area contributed by atoms with Crippen LogP contribution in [0.1, 0.15) is 12.8 Å². The Balaban J connectivity index is 0.000000171. The summed E-state index contributed by atoms with van der Waals surface area (Å²) in [5.74, 6) is -0.650. The monoisotopic (exact) mass is 244 g/mol. The van der Waals surface area contributed by atoms with E-state index in [9.17, 15) is 4.79 Å². The lowest BCUT2D eigenvalue weighted by atomic mass is 10.2. The number of carboxylic acid groups (broad SMARTS) is 1. The maximum Gasteiger partial charge on any atom is 0.323 e. The maximum absolute atomic E-state index is 10.2. The third-order valence-corrected chi connectivity index (χ3v) is 2.41. The number of rotatable bonds is 1. The molecular weight excluding hydrogens is 228 g/mol. The third-order valence-electron chi connectivity index (χ3n) is 2.41. The van der Waals surface area contributed by atoms with Crippen LogP contribution < -0.4 is 5.73 Å². The minimum Gasteiger partial charge on any atom is -0.492 e. The molecule has 0 amide bonds. The van der Waals surface area contributed by atoms with E-state index in [-0.39, 0.29) is 5.88 Å². The van der Waals surface area contributed by atoms with Crippen LogP contribution in [0.5, 0.6) is 5.88 Å². The molecule has 0 bridgehead atoms. The van der Waals surface area contributed by atoms with Crippen molar-refractivity contribution in [3.05, 3.63) is 6.20 Å². The Labute approximate surface area is 97.9 Å². The van der Waals surface area contributed by atoms with Crippen LogP contribution in [-0.4, -0.2) is 48.6 Å². The molecule has 1 unspecified atom stereocenters. The minimum atomic E-state index is -0.935. The summed E-state index contributed by atoms with van der Waals surface area (Å²) >= 11 is 0. The van der Waals surface area contributed by atoms with Gasteiger partial charge in [-0.1, -0.05) is 0 Å². The summed E-state index contributed by atoms with van der Waals surface area (Å²) in [7, 11) is 1.71. The first-order valence-electron chi connectivity index (χ1n) is 5.08. The van der Waals surface area contributed by atoms with E-state index in [4.69, 9.17) is 21.2 Å². The first-order valence-corrected chi connectivity index (χ1v) is 5.08. The molecule has 0 saturated carbocycles. The molecule has 1 aromatic rings. The minimum absolute atomic E-state index is 0.0370. The lowest BCUT2D eigenvalue weighted by Crippen LogP contribution is -2.32. The molecule has 1 saturated heterocycles. The van der Waals surface area contributed by atoms with E-state index >= 15 is 0 Å². The van der Waals surface area contributed by atoms with Crippen molar-refractivity contribution in [1.82, 2.24) is 14.6 Å². The highest BCUT2D eigenvalue weighted by Gasteiger charge is 2.28. The van der Waals surface area contributed by atoms with Crippen molar-refractivity contribution in [1.29, 1.82) is 0 Å². The predicted octanol–water partition coefficient (Wildman–Crippen LogP) is -0.367. The van der Waals surface area contributed by atoms with E-state index in [1.165, 1.54) is 10.8 Å². The first-order chi connectivity index (χ1) is 7.91. The molecule has 8 heteroatoms. The molecule has 0 radical (unpaired) electrons. The number of imidazole rings is 1. The van der Waals surface area contributed by atoms with Gasteiger partial charge < -0.3 is 25.7 Å². The molecule has 1 atom stereocenters. The fraction of sp³-hybridized carbons (Fsp3) is 0.556. The average Bonchev–Trinajstić information content (AvgIpc) is 2.75. The molecule has 17 heavy (non-hydrogen) atoms. The van der Waals surface area contributed by atoms with Crippen LogP contribution in [-0.2, 0) is 11.8 Å². The fourth-order valence-electron chi connectivity index (χ4n) is 1.47. The summed E-state index contributed by atoms with van der Waals surface area (Å²) in [6.07, 6.45) is 2.77. The SMILES string of the molecule is Cn1cc(O)nc1N.O=C(O)C1CCCN1O. The van der Waals surface area contributed by atoms with Gasteiger partial charge in [-0.3, -0.25) is 4.79 Å². The molecule has 2 rings (SSSR count). The van der Waals surface area contributed by atoms with Crippen molar-refractivity contribution >= 4 is 11.9 Å². The molecule has 8 nitrogen and oxygen atoms in total. The number of anilines is 1. The van der Waals surface area contributed by atoms with Gasteiger partial charge in [-0.05, 0) is 12.8 Å². The smallest absolute Gasteiger partial charge is 0.323 e. The molecule has 1 aliphatic rings. The Hall–Kier alpha value is -1.80. The number of hydroxylamine groups is 2. The molecular formula is C9H16N4O4. The van der Waals surface area contributed by atoms with Crippen LogP contribution in [0.15, 0.2) is 6.20 Å². The largest absolute Gasteiger partial charge is 0.492 e. The van der Waals surface area contributed by atoms with E-state index in [2.05, 4.69) is 4.98 Å². The molecule has 0 aliphatic carbocycles. The number of aromatic nitrogens is 2. The number of nitrogens with two attached hydrogens (primary N) is 1. The summed E-state index contributed by atoms with van der Waals surface area (Å²) in [6.45, 7) is 0.483.